The smallest absolute Gasteiger partial charge is 0.223 e. The third-order valence-electron chi connectivity index (χ3n) is 3.90. The predicted octanol–water partition coefficient (Wildman–Crippen LogP) is 2.96. The predicted molar refractivity (Wildman–Crippen MR) is 69.5 cm³/mol. The molecule has 2 fully saturated rings. The van der Waals surface area contributed by atoms with E-state index in [9.17, 15) is 4.79 Å². The maximum atomic E-state index is 12.0. The third kappa shape index (κ3) is 2.99. The Kier molecular flexibility index (Phi) is 3.93. The van der Waals surface area contributed by atoms with Crippen molar-refractivity contribution < 1.29 is 4.79 Å². The summed E-state index contributed by atoms with van der Waals surface area (Å²) in [6, 6.07) is 0.310. The van der Waals surface area contributed by atoms with Gasteiger partial charge in [-0.15, -0.1) is 0 Å². The zero-order valence-electron chi connectivity index (χ0n) is 10.2. The van der Waals surface area contributed by atoms with Crippen LogP contribution in [0.2, 0.25) is 0 Å². The van der Waals surface area contributed by atoms with E-state index in [1.807, 2.05) is 0 Å². The summed E-state index contributed by atoms with van der Waals surface area (Å²) in [6.45, 7) is 4.40. The molecule has 92 valence electrons. The van der Waals surface area contributed by atoms with E-state index < -0.39 is 0 Å². The molecule has 1 N–H and O–H groups in total. The van der Waals surface area contributed by atoms with Gasteiger partial charge in [0.15, 0.2) is 0 Å². The molecule has 0 aliphatic heterocycles. The largest absolute Gasteiger partial charge is 0.352 e. The van der Waals surface area contributed by atoms with Gasteiger partial charge in [-0.25, -0.2) is 0 Å². The highest BCUT2D eigenvalue weighted by atomic mass is 79.9. The molecule has 3 heteroatoms. The molecule has 1 amide bonds. The first-order valence-electron chi connectivity index (χ1n) is 6.46. The summed E-state index contributed by atoms with van der Waals surface area (Å²) in [5, 5.41) is 4.07. The second-order valence-electron chi connectivity index (χ2n) is 5.91. The summed E-state index contributed by atoms with van der Waals surface area (Å²) in [4.78, 5) is 12.0. The van der Waals surface area contributed by atoms with E-state index in [4.69, 9.17) is 0 Å². The van der Waals surface area contributed by atoms with Gasteiger partial charge in [-0.1, -0.05) is 29.8 Å². The first kappa shape index (κ1) is 12.4. The number of hydrogen-bond donors (Lipinski definition) is 1. The van der Waals surface area contributed by atoms with E-state index in [0.29, 0.717) is 23.8 Å². The number of fused-ring (bicyclic) bond motifs is 1. The van der Waals surface area contributed by atoms with Crippen LogP contribution in [-0.4, -0.2) is 17.3 Å². The molecule has 3 atom stereocenters. The maximum Gasteiger partial charge on any atom is 0.223 e. The molecule has 0 aromatic carbocycles. The molecule has 2 aliphatic carbocycles. The lowest BCUT2D eigenvalue weighted by Gasteiger charge is -2.21. The van der Waals surface area contributed by atoms with Crippen molar-refractivity contribution in [2.75, 3.05) is 5.33 Å². The van der Waals surface area contributed by atoms with Crippen LogP contribution in [0.4, 0.5) is 0 Å². The Bertz CT molecular complexity index is 257. The highest BCUT2D eigenvalue weighted by molar-refractivity contribution is 9.09. The summed E-state index contributed by atoms with van der Waals surface area (Å²) in [5.41, 5.74) is 0. The minimum Gasteiger partial charge on any atom is -0.352 e. The second-order valence-corrected chi connectivity index (χ2v) is 6.56. The van der Waals surface area contributed by atoms with Crippen molar-refractivity contribution >= 4 is 21.8 Å². The fraction of sp³-hybridized carbons (Fsp3) is 0.923. The van der Waals surface area contributed by atoms with Gasteiger partial charge in [0.05, 0.1) is 0 Å². The van der Waals surface area contributed by atoms with Crippen molar-refractivity contribution in [3.63, 3.8) is 0 Å². The van der Waals surface area contributed by atoms with Crippen LogP contribution in [0.15, 0.2) is 0 Å². The highest BCUT2D eigenvalue weighted by Crippen LogP contribution is 2.54. The van der Waals surface area contributed by atoms with Crippen LogP contribution in [0.5, 0.6) is 0 Å². The Labute approximate surface area is 107 Å². The molecule has 2 rings (SSSR count). The maximum absolute atomic E-state index is 12.0. The van der Waals surface area contributed by atoms with Crippen molar-refractivity contribution in [1.82, 2.24) is 5.32 Å². The number of carbonyl (C=O) groups excluding carboxylic acids is 1. The van der Waals surface area contributed by atoms with Crippen molar-refractivity contribution in [2.45, 2.75) is 45.6 Å². The quantitative estimate of drug-likeness (QED) is 0.774. The van der Waals surface area contributed by atoms with Crippen LogP contribution in [0, 0.1) is 23.7 Å². The molecule has 2 aliphatic rings. The molecule has 2 nitrogen and oxygen atoms in total. The van der Waals surface area contributed by atoms with Gasteiger partial charge in [-0.2, -0.15) is 0 Å². The lowest BCUT2D eigenvalue weighted by molar-refractivity contribution is -0.125. The summed E-state index contributed by atoms with van der Waals surface area (Å²) in [5.74, 6) is 3.04. The normalized spacial score (nSPS) is 33.6. The Morgan fingerprint density at radius 2 is 1.94 bits per heavy atom. The summed E-state index contributed by atoms with van der Waals surface area (Å²) >= 11 is 3.49. The van der Waals surface area contributed by atoms with Crippen molar-refractivity contribution in [3.05, 3.63) is 0 Å². The van der Waals surface area contributed by atoms with E-state index in [1.165, 1.54) is 6.42 Å². The van der Waals surface area contributed by atoms with Crippen LogP contribution >= 0.6 is 15.9 Å². The van der Waals surface area contributed by atoms with E-state index in [1.54, 1.807) is 0 Å². The SMILES string of the molecule is CC(C)CC(CBr)NC(=O)C1CC2CC2C1. The van der Waals surface area contributed by atoms with Gasteiger partial charge in [-0.3, -0.25) is 4.79 Å². The fourth-order valence-electron chi connectivity index (χ4n) is 2.98. The molecule has 16 heavy (non-hydrogen) atoms. The minimum atomic E-state index is 0.303. The monoisotopic (exact) mass is 287 g/mol. The van der Waals surface area contributed by atoms with Crippen LogP contribution in [-0.2, 0) is 4.79 Å². The number of halogens is 1. The minimum absolute atomic E-state index is 0.303. The summed E-state index contributed by atoms with van der Waals surface area (Å²) < 4.78 is 0. The number of carbonyl (C=O) groups is 1. The highest BCUT2D eigenvalue weighted by Gasteiger charge is 2.48. The first-order chi connectivity index (χ1) is 7.60. The average Bonchev–Trinajstić information content (AvgIpc) is 2.84. The fourth-order valence-corrected chi connectivity index (χ4v) is 3.40. The second kappa shape index (κ2) is 5.07. The molecule has 0 spiro atoms. The lowest BCUT2D eigenvalue weighted by atomic mass is 10.0. The first-order valence-corrected chi connectivity index (χ1v) is 7.58. The standard InChI is InChI=1S/C13H22BrNO/c1-8(2)3-12(7-14)15-13(16)11-5-9-4-10(9)6-11/h8-12H,3-7H2,1-2H3,(H,15,16). The molecule has 0 aromatic heterocycles. The zero-order valence-corrected chi connectivity index (χ0v) is 11.8. The van der Waals surface area contributed by atoms with Crippen molar-refractivity contribution in [2.24, 2.45) is 23.7 Å². The summed E-state index contributed by atoms with van der Waals surface area (Å²) in [6.07, 6.45) is 4.74. The Hall–Kier alpha value is -0.0500. The Balaban J connectivity index is 1.76. The molecule has 0 heterocycles. The molecule has 0 saturated heterocycles. The van der Waals surface area contributed by atoms with Crippen LogP contribution in [0.1, 0.15) is 39.5 Å². The molecule has 2 saturated carbocycles. The van der Waals surface area contributed by atoms with Gasteiger partial charge < -0.3 is 5.32 Å². The van der Waals surface area contributed by atoms with E-state index in [2.05, 4.69) is 35.1 Å². The van der Waals surface area contributed by atoms with Gasteiger partial charge in [0.2, 0.25) is 5.91 Å². The third-order valence-corrected chi connectivity index (χ3v) is 4.68. The molecule has 0 aromatic rings. The number of amides is 1. The van der Waals surface area contributed by atoms with Gasteiger partial charge in [0.1, 0.15) is 0 Å². The topological polar surface area (TPSA) is 29.1 Å². The number of rotatable bonds is 5. The van der Waals surface area contributed by atoms with E-state index >= 15 is 0 Å². The van der Waals surface area contributed by atoms with Crippen LogP contribution in [0.3, 0.4) is 0 Å². The molecule has 3 unspecified atom stereocenters. The Morgan fingerprint density at radius 3 is 2.44 bits per heavy atom. The number of nitrogens with one attached hydrogen (secondary N) is 1. The average molecular weight is 288 g/mol. The van der Waals surface area contributed by atoms with Crippen LogP contribution < -0.4 is 5.32 Å². The van der Waals surface area contributed by atoms with Crippen molar-refractivity contribution in [3.8, 4) is 0 Å². The Morgan fingerprint density at radius 1 is 1.31 bits per heavy atom. The van der Waals surface area contributed by atoms with Crippen molar-refractivity contribution in [1.29, 1.82) is 0 Å². The van der Waals surface area contributed by atoms with Crippen LogP contribution in [0.25, 0.3) is 0 Å². The van der Waals surface area contributed by atoms with Gasteiger partial charge >= 0.3 is 0 Å². The zero-order chi connectivity index (χ0) is 11.7. The number of hydrogen-bond acceptors (Lipinski definition) is 1. The molecule has 0 radical (unpaired) electrons. The van der Waals surface area contributed by atoms with Gasteiger partial charge in [-0.05, 0) is 43.4 Å². The van der Waals surface area contributed by atoms with E-state index in [0.717, 1.165) is 36.4 Å². The van der Waals surface area contributed by atoms with E-state index in [-0.39, 0.29) is 0 Å². The molecular formula is C13H22BrNO. The van der Waals surface area contributed by atoms with Gasteiger partial charge in [0, 0.05) is 17.3 Å². The molecular weight excluding hydrogens is 266 g/mol. The lowest BCUT2D eigenvalue weighted by Crippen LogP contribution is -2.40. The molecule has 0 bridgehead atoms. The number of alkyl halides is 1. The van der Waals surface area contributed by atoms with Gasteiger partial charge in [0.25, 0.3) is 0 Å². The summed E-state index contributed by atoms with van der Waals surface area (Å²) in [7, 11) is 0.